The summed E-state index contributed by atoms with van der Waals surface area (Å²) >= 11 is 11.8. The molecule has 3 nitrogen and oxygen atoms in total. The smallest absolute Gasteiger partial charge is 0.0860 e. The maximum atomic E-state index is 10.1. The molecule has 1 aromatic carbocycles. The van der Waals surface area contributed by atoms with Crippen molar-refractivity contribution < 1.29 is 5.11 Å². The van der Waals surface area contributed by atoms with Gasteiger partial charge in [0.15, 0.2) is 0 Å². The summed E-state index contributed by atoms with van der Waals surface area (Å²) in [6, 6.07) is 6.94. The van der Waals surface area contributed by atoms with Crippen molar-refractivity contribution in [2.24, 2.45) is 7.05 Å². The van der Waals surface area contributed by atoms with E-state index in [9.17, 15) is 5.11 Å². The third-order valence-electron chi connectivity index (χ3n) is 2.49. The molecule has 0 aliphatic carbocycles. The normalized spacial score (nSPS) is 12.7. The Kier molecular flexibility index (Phi) is 3.72. The number of benzene rings is 1. The number of rotatable bonds is 3. The lowest BCUT2D eigenvalue weighted by Gasteiger charge is -2.11. The fourth-order valence-electron chi connectivity index (χ4n) is 1.65. The van der Waals surface area contributed by atoms with Crippen LogP contribution in [0.2, 0.25) is 10.0 Å². The number of hydrogen-bond acceptors (Lipinski definition) is 2. The van der Waals surface area contributed by atoms with E-state index in [1.54, 1.807) is 22.9 Å². The van der Waals surface area contributed by atoms with Gasteiger partial charge in [0.25, 0.3) is 0 Å². The number of halogens is 2. The quantitative estimate of drug-likeness (QED) is 0.931. The monoisotopic (exact) mass is 270 g/mol. The number of nitrogens with zero attached hydrogens (tertiary/aromatic N) is 2. The van der Waals surface area contributed by atoms with Gasteiger partial charge in [0.1, 0.15) is 0 Å². The van der Waals surface area contributed by atoms with Gasteiger partial charge in [0.2, 0.25) is 0 Å². The van der Waals surface area contributed by atoms with Gasteiger partial charge in [-0.05, 0) is 23.8 Å². The molecule has 0 fully saturated rings. The Labute approximate surface area is 110 Å². The van der Waals surface area contributed by atoms with Gasteiger partial charge in [-0.3, -0.25) is 4.68 Å². The van der Waals surface area contributed by atoms with Gasteiger partial charge in [-0.25, -0.2) is 0 Å². The predicted octanol–water partition coefficient (Wildman–Crippen LogP) is 3.00. The summed E-state index contributed by atoms with van der Waals surface area (Å²) < 4.78 is 1.70. The lowest BCUT2D eigenvalue weighted by atomic mass is 10.1. The van der Waals surface area contributed by atoms with Crippen molar-refractivity contribution in [3.8, 4) is 0 Å². The van der Waals surface area contributed by atoms with Crippen LogP contribution >= 0.6 is 23.2 Å². The number of aliphatic hydroxyl groups excluding tert-OH is 1. The maximum absolute atomic E-state index is 10.1. The van der Waals surface area contributed by atoms with Gasteiger partial charge in [0.05, 0.1) is 11.8 Å². The summed E-state index contributed by atoms with van der Waals surface area (Å²) in [6.45, 7) is 0. The topological polar surface area (TPSA) is 38.0 Å². The van der Waals surface area contributed by atoms with Crippen LogP contribution in [0.15, 0.2) is 30.5 Å². The average molecular weight is 271 g/mol. The van der Waals surface area contributed by atoms with Crippen molar-refractivity contribution in [1.82, 2.24) is 9.78 Å². The van der Waals surface area contributed by atoms with E-state index in [-0.39, 0.29) is 0 Å². The van der Waals surface area contributed by atoms with Crippen molar-refractivity contribution in [2.45, 2.75) is 12.5 Å². The molecule has 0 saturated carbocycles. The first-order valence-corrected chi connectivity index (χ1v) is 5.93. The first-order valence-electron chi connectivity index (χ1n) is 5.18. The maximum Gasteiger partial charge on any atom is 0.0860 e. The molecule has 1 unspecified atom stereocenters. The van der Waals surface area contributed by atoms with E-state index in [0.29, 0.717) is 22.0 Å². The van der Waals surface area contributed by atoms with Crippen molar-refractivity contribution in [3.63, 3.8) is 0 Å². The number of aryl methyl sites for hydroxylation is 1. The second kappa shape index (κ2) is 5.08. The highest BCUT2D eigenvalue weighted by Crippen LogP contribution is 2.27. The second-order valence-electron chi connectivity index (χ2n) is 3.87. The van der Waals surface area contributed by atoms with Crippen molar-refractivity contribution >= 4 is 23.2 Å². The van der Waals surface area contributed by atoms with Crippen LogP contribution in [0, 0.1) is 0 Å². The number of hydrogen-bond donors (Lipinski definition) is 1. The minimum Gasteiger partial charge on any atom is -0.388 e. The van der Waals surface area contributed by atoms with Crippen LogP contribution in [0.3, 0.4) is 0 Å². The molecule has 0 amide bonds. The Balaban J connectivity index is 2.17. The van der Waals surface area contributed by atoms with Gasteiger partial charge in [-0.1, -0.05) is 29.3 Å². The molecule has 1 aromatic heterocycles. The zero-order valence-electron chi connectivity index (χ0n) is 9.27. The van der Waals surface area contributed by atoms with Crippen molar-refractivity contribution in [1.29, 1.82) is 0 Å². The molecule has 0 saturated heterocycles. The molecule has 0 spiro atoms. The fraction of sp³-hybridized carbons (Fsp3) is 0.250. The summed E-state index contributed by atoms with van der Waals surface area (Å²) in [6.07, 6.45) is 1.60. The zero-order chi connectivity index (χ0) is 12.4. The molecule has 1 heterocycles. The Morgan fingerprint density at radius 1 is 1.35 bits per heavy atom. The Morgan fingerprint density at radius 2 is 2.12 bits per heavy atom. The molecule has 1 N–H and O–H groups in total. The third-order valence-corrected chi connectivity index (χ3v) is 3.06. The fourth-order valence-corrected chi connectivity index (χ4v) is 2.19. The number of aliphatic hydroxyl groups is 1. The zero-order valence-corrected chi connectivity index (χ0v) is 10.8. The summed E-state index contributed by atoms with van der Waals surface area (Å²) in [5.41, 5.74) is 1.49. The summed E-state index contributed by atoms with van der Waals surface area (Å²) in [7, 11) is 1.84. The second-order valence-corrected chi connectivity index (χ2v) is 4.71. The summed E-state index contributed by atoms with van der Waals surface area (Å²) in [5, 5.41) is 15.3. The average Bonchev–Trinajstić information content (AvgIpc) is 2.63. The van der Waals surface area contributed by atoms with Crippen LogP contribution in [-0.2, 0) is 13.5 Å². The minimum absolute atomic E-state index is 0.433. The molecular weight excluding hydrogens is 259 g/mol. The van der Waals surface area contributed by atoms with Gasteiger partial charge >= 0.3 is 0 Å². The predicted molar refractivity (Wildman–Crippen MR) is 68.3 cm³/mol. The molecule has 0 aliphatic rings. The lowest BCUT2D eigenvalue weighted by Crippen LogP contribution is -2.03. The third kappa shape index (κ3) is 3.00. The molecule has 17 heavy (non-hydrogen) atoms. The minimum atomic E-state index is -0.672. The van der Waals surface area contributed by atoms with Gasteiger partial charge in [0, 0.05) is 29.7 Å². The van der Waals surface area contributed by atoms with E-state index < -0.39 is 6.10 Å². The Morgan fingerprint density at radius 3 is 2.71 bits per heavy atom. The molecule has 2 rings (SSSR count). The molecule has 90 valence electrons. The van der Waals surface area contributed by atoms with E-state index in [1.165, 1.54) is 0 Å². The lowest BCUT2D eigenvalue weighted by molar-refractivity contribution is 0.177. The largest absolute Gasteiger partial charge is 0.388 e. The molecule has 1 atom stereocenters. The van der Waals surface area contributed by atoms with E-state index in [4.69, 9.17) is 23.2 Å². The Bertz CT molecular complexity index is 525. The summed E-state index contributed by atoms with van der Waals surface area (Å²) in [5.74, 6) is 0. The molecule has 0 bridgehead atoms. The Hall–Kier alpha value is -1.03. The van der Waals surface area contributed by atoms with Crippen LogP contribution in [0.1, 0.15) is 17.4 Å². The molecule has 0 aliphatic heterocycles. The van der Waals surface area contributed by atoms with Gasteiger partial charge in [-0.2, -0.15) is 5.10 Å². The first kappa shape index (κ1) is 12.4. The standard InChI is InChI=1S/C12H12Cl2N2O/c1-16-5-4-9(15-16)7-12(17)10-3-2-8(13)6-11(10)14/h2-6,12,17H,7H2,1H3. The van der Waals surface area contributed by atoms with Crippen LogP contribution in [0.4, 0.5) is 0 Å². The van der Waals surface area contributed by atoms with Crippen molar-refractivity contribution in [3.05, 3.63) is 51.8 Å². The van der Waals surface area contributed by atoms with Crippen molar-refractivity contribution in [2.75, 3.05) is 0 Å². The molecule has 5 heteroatoms. The first-order chi connectivity index (χ1) is 8.06. The highest BCUT2D eigenvalue weighted by molar-refractivity contribution is 6.35. The van der Waals surface area contributed by atoms with E-state index in [0.717, 1.165) is 5.69 Å². The SMILES string of the molecule is Cn1ccc(CC(O)c2ccc(Cl)cc2Cl)n1. The highest BCUT2D eigenvalue weighted by Gasteiger charge is 2.13. The van der Waals surface area contributed by atoms with E-state index in [2.05, 4.69) is 5.10 Å². The van der Waals surface area contributed by atoms with Gasteiger partial charge < -0.3 is 5.11 Å². The van der Waals surface area contributed by atoms with Crippen LogP contribution in [0.5, 0.6) is 0 Å². The van der Waals surface area contributed by atoms with Crippen LogP contribution < -0.4 is 0 Å². The van der Waals surface area contributed by atoms with E-state index in [1.807, 2.05) is 19.3 Å². The summed E-state index contributed by atoms with van der Waals surface area (Å²) in [4.78, 5) is 0. The number of aromatic nitrogens is 2. The highest BCUT2D eigenvalue weighted by atomic mass is 35.5. The van der Waals surface area contributed by atoms with Crippen LogP contribution in [-0.4, -0.2) is 14.9 Å². The molecule has 2 aromatic rings. The van der Waals surface area contributed by atoms with E-state index >= 15 is 0 Å². The molecular formula is C12H12Cl2N2O. The molecule has 0 radical (unpaired) electrons. The van der Waals surface area contributed by atoms with Crippen LogP contribution in [0.25, 0.3) is 0 Å². The van der Waals surface area contributed by atoms with Gasteiger partial charge in [-0.15, -0.1) is 0 Å².